The molecule has 0 bridgehead atoms. The van der Waals surface area contributed by atoms with Gasteiger partial charge in [-0.05, 0) is 57.5 Å². The van der Waals surface area contributed by atoms with Gasteiger partial charge >= 0.3 is 0 Å². The van der Waals surface area contributed by atoms with E-state index in [0.29, 0.717) is 6.54 Å². The fraction of sp³-hybridized carbons (Fsp3) is 0.0769. The Bertz CT molecular complexity index is 725. The maximum atomic E-state index is 5.63. The highest BCUT2D eigenvalue weighted by atomic mass is 79.9. The average molecular weight is 335 g/mol. The summed E-state index contributed by atoms with van der Waals surface area (Å²) >= 11 is 5.14. The molecule has 0 atom stereocenters. The Balaban J connectivity index is 1.97. The molecule has 4 nitrogen and oxygen atoms in total. The normalized spacial score (nSPS) is 11.1. The molecule has 0 radical (unpaired) electrons. The Morgan fingerprint density at radius 1 is 1.21 bits per heavy atom. The Morgan fingerprint density at radius 2 is 2.11 bits per heavy atom. The summed E-state index contributed by atoms with van der Waals surface area (Å²) in [5, 5.41) is 9.18. The number of aromatic nitrogens is 3. The molecule has 1 aromatic carbocycles. The van der Waals surface area contributed by atoms with Crippen LogP contribution >= 0.6 is 27.7 Å². The predicted molar refractivity (Wildman–Crippen MR) is 79.1 cm³/mol. The molecule has 0 spiro atoms. The van der Waals surface area contributed by atoms with Gasteiger partial charge in [0.05, 0.1) is 0 Å². The minimum Gasteiger partial charge on any atom is -0.326 e. The molecule has 0 aliphatic rings. The van der Waals surface area contributed by atoms with Crippen molar-refractivity contribution in [2.45, 2.75) is 16.6 Å². The number of pyridine rings is 1. The molecule has 3 aromatic rings. The highest BCUT2D eigenvalue weighted by molar-refractivity contribution is 9.10. The first kappa shape index (κ1) is 12.7. The summed E-state index contributed by atoms with van der Waals surface area (Å²) in [6.45, 7) is 0.539. The summed E-state index contributed by atoms with van der Waals surface area (Å²) in [5.74, 6) is 0. The van der Waals surface area contributed by atoms with E-state index in [2.05, 4.69) is 26.1 Å². The van der Waals surface area contributed by atoms with Gasteiger partial charge < -0.3 is 5.73 Å². The van der Waals surface area contributed by atoms with E-state index < -0.39 is 0 Å². The molecule has 6 heteroatoms. The van der Waals surface area contributed by atoms with E-state index in [9.17, 15) is 0 Å². The maximum Gasteiger partial charge on any atom is 0.200 e. The maximum absolute atomic E-state index is 5.63. The van der Waals surface area contributed by atoms with Crippen molar-refractivity contribution >= 4 is 33.3 Å². The SMILES string of the molecule is NCc1ccc(Sc2nnc3ccccn23)c(Br)c1. The van der Waals surface area contributed by atoms with Crippen LogP contribution in [-0.4, -0.2) is 14.6 Å². The molecular formula is C13H11BrN4S. The van der Waals surface area contributed by atoms with Crippen molar-refractivity contribution in [2.24, 2.45) is 5.73 Å². The third kappa shape index (κ3) is 2.51. The van der Waals surface area contributed by atoms with Crippen molar-refractivity contribution in [1.29, 1.82) is 0 Å². The van der Waals surface area contributed by atoms with Crippen LogP contribution in [0.5, 0.6) is 0 Å². The van der Waals surface area contributed by atoms with E-state index in [1.54, 1.807) is 11.8 Å². The number of nitrogens with two attached hydrogens (primary N) is 1. The van der Waals surface area contributed by atoms with Crippen LogP contribution in [-0.2, 0) is 6.54 Å². The van der Waals surface area contributed by atoms with Gasteiger partial charge in [0.25, 0.3) is 0 Å². The zero-order chi connectivity index (χ0) is 13.2. The molecular weight excluding hydrogens is 324 g/mol. The summed E-state index contributed by atoms with van der Waals surface area (Å²) in [4.78, 5) is 1.09. The number of fused-ring (bicyclic) bond motifs is 1. The molecule has 0 saturated heterocycles. The van der Waals surface area contributed by atoms with Crippen molar-refractivity contribution < 1.29 is 0 Å². The summed E-state index contributed by atoms with van der Waals surface area (Å²) in [7, 11) is 0. The van der Waals surface area contributed by atoms with Crippen molar-refractivity contribution in [3.63, 3.8) is 0 Å². The molecule has 2 aromatic heterocycles. The van der Waals surface area contributed by atoms with E-state index in [1.807, 2.05) is 47.0 Å². The number of rotatable bonds is 3. The van der Waals surface area contributed by atoms with Gasteiger partial charge in [0.1, 0.15) is 0 Å². The first-order chi connectivity index (χ1) is 9.28. The first-order valence-corrected chi connectivity index (χ1v) is 7.35. The first-order valence-electron chi connectivity index (χ1n) is 5.74. The number of nitrogens with zero attached hydrogens (tertiary/aromatic N) is 3. The van der Waals surface area contributed by atoms with Crippen LogP contribution in [0.2, 0.25) is 0 Å². The lowest BCUT2D eigenvalue weighted by atomic mass is 10.2. The van der Waals surface area contributed by atoms with Gasteiger partial charge in [-0.25, -0.2) is 0 Å². The Morgan fingerprint density at radius 3 is 2.89 bits per heavy atom. The van der Waals surface area contributed by atoms with E-state index in [0.717, 1.165) is 25.7 Å². The molecule has 0 aliphatic carbocycles. The van der Waals surface area contributed by atoms with Crippen LogP contribution < -0.4 is 5.73 Å². The van der Waals surface area contributed by atoms with Crippen LogP contribution in [0.3, 0.4) is 0 Å². The zero-order valence-electron chi connectivity index (χ0n) is 9.95. The van der Waals surface area contributed by atoms with E-state index in [4.69, 9.17) is 5.73 Å². The van der Waals surface area contributed by atoms with Crippen molar-refractivity contribution in [3.8, 4) is 0 Å². The van der Waals surface area contributed by atoms with Crippen LogP contribution in [0.25, 0.3) is 5.65 Å². The number of hydrogen-bond donors (Lipinski definition) is 1. The van der Waals surface area contributed by atoms with Crippen LogP contribution in [0.15, 0.2) is 57.1 Å². The molecule has 0 saturated carbocycles. The zero-order valence-corrected chi connectivity index (χ0v) is 12.4. The largest absolute Gasteiger partial charge is 0.326 e. The molecule has 0 aliphatic heterocycles. The van der Waals surface area contributed by atoms with Gasteiger partial charge in [-0.3, -0.25) is 4.40 Å². The standard InChI is InChI=1S/C13H11BrN4S/c14-10-7-9(8-15)4-5-11(10)19-13-17-16-12-3-1-2-6-18(12)13/h1-7H,8,15H2. The summed E-state index contributed by atoms with van der Waals surface area (Å²) in [6, 6.07) is 11.9. The molecule has 0 fully saturated rings. The second kappa shape index (κ2) is 5.32. The molecule has 2 heterocycles. The molecule has 0 unspecified atom stereocenters. The number of hydrogen-bond acceptors (Lipinski definition) is 4. The van der Waals surface area contributed by atoms with Gasteiger partial charge in [0, 0.05) is 22.1 Å². The molecule has 0 amide bonds. The smallest absolute Gasteiger partial charge is 0.200 e. The minimum absolute atomic E-state index is 0.539. The van der Waals surface area contributed by atoms with E-state index in [-0.39, 0.29) is 0 Å². The highest BCUT2D eigenvalue weighted by Gasteiger charge is 2.09. The molecule has 96 valence electrons. The Labute approximate surface area is 123 Å². The minimum atomic E-state index is 0.539. The quantitative estimate of drug-likeness (QED) is 0.799. The molecule has 3 rings (SSSR count). The Hall–Kier alpha value is -1.37. The van der Waals surface area contributed by atoms with Gasteiger partial charge in [-0.2, -0.15) is 0 Å². The van der Waals surface area contributed by atoms with E-state index in [1.165, 1.54) is 0 Å². The lowest BCUT2D eigenvalue weighted by molar-refractivity contribution is 0.921. The lowest BCUT2D eigenvalue weighted by Gasteiger charge is -2.05. The Kier molecular flexibility index (Phi) is 3.54. The van der Waals surface area contributed by atoms with Crippen LogP contribution in [0, 0.1) is 0 Å². The van der Waals surface area contributed by atoms with Crippen LogP contribution in [0.1, 0.15) is 5.56 Å². The summed E-state index contributed by atoms with van der Waals surface area (Å²) < 4.78 is 2.99. The van der Waals surface area contributed by atoms with Crippen molar-refractivity contribution in [1.82, 2.24) is 14.6 Å². The van der Waals surface area contributed by atoms with Crippen molar-refractivity contribution in [3.05, 3.63) is 52.6 Å². The molecule has 19 heavy (non-hydrogen) atoms. The monoisotopic (exact) mass is 334 g/mol. The lowest BCUT2D eigenvalue weighted by Crippen LogP contribution is -1.96. The van der Waals surface area contributed by atoms with Gasteiger partial charge in [0.2, 0.25) is 0 Å². The summed E-state index contributed by atoms with van der Waals surface area (Å²) in [5.41, 5.74) is 7.57. The second-order valence-corrected chi connectivity index (χ2v) is 5.85. The second-order valence-electron chi connectivity index (χ2n) is 3.98. The van der Waals surface area contributed by atoms with Gasteiger partial charge in [-0.1, -0.05) is 12.1 Å². The summed E-state index contributed by atoms with van der Waals surface area (Å²) in [6.07, 6.45) is 1.96. The average Bonchev–Trinajstić information content (AvgIpc) is 2.84. The van der Waals surface area contributed by atoms with Crippen molar-refractivity contribution in [2.75, 3.05) is 0 Å². The van der Waals surface area contributed by atoms with Gasteiger partial charge in [-0.15, -0.1) is 10.2 Å². The number of benzene rings is 1. The predicted octanol–water partition coefficient (Wildman–Crippen LogP) is 3.10. The number of halogens is 1. The van der Waals surface area contributed by atoms with E-state index >= 15 is 0 Å². The highest BCUT2D eigenvalue weighted by Crippen LogP contribution is 2.33. The fourth-order valence-electron chi connectivity index (χ4n) is 1.74. The third-order valence-corrected chi connectivity index (χ3v) is 4.67. The molecule has 2 N–H and O–H groups in total. The third-order valence-electron chi connectivity index (χ3n) is 2.72. The topological polar surface area (TPSA) is 56.2 Å². The van der Waals surface area contributed by atoms with Crippen LogP contribution in [0.4, 0.5) is 0 Å². The van der Waals surface area contributed by atoms with Gasteiger partial charge in [0.15, 0.2) is 10.8 Å². The fourth-order valence-corrected chi connectivity index (χ4v) is 3.23.